The van der Waals surface area contributed by atoms with Gasteiger partial charge in [-0.05, 0) is 49.4 Å². The number of methoxy groups -OCH3 is 1. The number of hydrogen-bond acceptors (Lipinski definition) is 11. The number of benzene rings is 2. The summed E-state index contributed by atoms with van der Waals surface area (Å²) in [6.07, 6.45) is 0.174. The molecule has 1 saturated heterocycles. The average molecular weight is 768 g/mol. The lowest BCUT2D eigenvalue weighted by molar-refractivity contribution is -0.137. The molecule has 0 aromatic heterocycles. The number of carbonyl (C=O) groups excluding carboxylic acids is 5. The number of aliphatic carboxylic acids is 1. The van der Waals surface area contributed by atoms with Gasteiger partial charge in [0, 0.05) is 24.7 Å². The van der Waals surface area contributed by atoms with Gasteiger partial charge >= 0.3 is 18.2 Å². The lowest BCUT2D eigenvalue weighted by Gasteiger charge is -2.24. The highest BCUT2D eigenvalue weighted by atomic mass is 16.6. The highest BCUT2D eigenvalue weighted by Gasteiger charge is 2.33. The molecule has 2 aromatic carbocycles. The quantitative estimate of drug-likeness (QED) is 0.0885. The number of carbonyl (C=O) groups is 6. The maximum absolute atomic E-state index is 13.7. The maximum Gasteiger partial charge on any atom is 0.411 e. The van der Waals surface area contributed by atoms with E-state index in [4.69, 9.17) is 24.1 Å². The summed E-state index contributed by atoms with van der Waals surface area (Å²) in [6.45, 7) is 12.1. The van der Waals surface area contributed by atoms with Crippen molar-refractivity contribution in [2.45, 2.75) is 64.8 Å². The largest absolute Gasteiger partial charge is 0.493 e. The van der Waals surface area contributed by atoms with E-state index >= 15 is 0 Å². The van der Waals surface area contributed by atoms with Crippen LogP contribution in [-0.2, 0) is 30.5 Å². The third kappa shape index (κ3) is 13.1. The van der Waals surface area contributed by atoms with Crippen molar-refractivity contribution in [3.63, 3.8) is 0 Å². The SMILES string of the molecule is C=CCOC(=O)NC(C(=O)NC(C)C(=O)Nc1ccc(COC(=O)Nc2cc(OCCCC(=O)O)c(OC)cc2C(=O)N2CC(=C)C[C@H]2CO)cc1)C(C)C. The fourth-order valence-electron chi connectivity index (χ4n) is 5.39. The number of ether oxygens (including phenoxy) is 4. The zero-order valence-corrected chi connectivity index (χ0v) is 31.3. The summed E-state index contributed by atoms with van der Waals surface area (Å²) in [6, 6.07) is 6.73. The Morgan fingerprint density at radius 3 is 2.29 bits per heavy atom. The molecule has 0 spiro atoms. The van der Waals surface area contributed by atoms with Crippen molar-refractivity contribution in [1.29, 1.82) is 0 Å². The fourth-order valence-corrected chi connectivity index (χ4v) is 5.39. The van der Waals surface area contributed by atoms with Gasteiger partial charge in [0.25, 0.3) is 5.91 Å². The van der Waals surface area contributed by atoms with Crippen LogP contribution in [0.15, 0.2) is 61.2 Å². The molecule has 17 nitrogen and oxygen atoms in total. The molecule has 0 radical (unpaired) electrons. The van der Waals surface area contributed by atoms with Crippen LogP contribution in [0.5, 0.6) is 11.5 Å². The van der Waals surface area contributed by atoms with Crippen molar-refractivity contribution >= 4 is 47.3 Å². The highest BCUT2D eigenvalue weighted by molar-refractivity contribution is 6.04. The third-order valence-electron chi connectivity index (χ3n) is 8.29. The minimum absolute atomic E-state index is 0.0210. The normalized spacial score (nSPS) is 14.6. The molecule has 3 atom stereocenters. The second kappa shape index (κ2) is 21.0. The van der Waals surface area contributed by atoms with Crippen molar-refractivity contribution in [2.75, 3.05) is 44.1 Å². The summed E-state index contributed by atoms with van der Waals surface area (Å²) in [5.74, 6) is -2.57. The van der Waals surface area contributed by atoms with Crippen molar-refractivity contribution in [1.82, 2.24) is 15.5 Å². The molecule has 1 aliphatic heterocycles. The number of amides is 5. The topological polar surface area (TPSA) is 231 Å². The van der Waals surface area contributed by atoms with E-state index in [1.54, 1.807) is 38.1 Å². The Kier molecular flexibility index (Phi) is 16.5. The number of hydrogen-bond donors (Lipinski definition) is 6. The first-order valence-corrected chi connectivity index (χ1v) is 17.5. The molecule has 17 heteroatoms. The molecule has 6 N–H and O–H groups in total. The number of rotatable bonds is 19. The monoisotopic (exact) mass is 767 g/mol. The summed E-state index contributed by atoms with van der Waals surface area (Å²) in [7, 11) is 1.37. The smallest absolute Gasteiger partial charge is 0.411 e. The Balaban J connectivity index is 1.66. The Hall–Kier alpha value is -6.10. The van der Waals surface area contributed by atoms with Crippen LogP contribution in [0.2, 0.25) is 0 Å². The van der Waals surface area contributed by atoms with E-state index in [1.165, 1.54) is 37.1 Å². The summed E-state index contributed by atoms with van der Waals surface area (Å²) in [4.78, 5) is 76.8. The molecule has 298 valence electrons. The van der Waals surface area contributed by atoms with E-state index in [-0.39, 0.29) is 74.5 Å². The molecule has 55 heavy (non-hydrogen) atoms. The van der Waals surface area contributed by atoms with E-state index in [0.717, 1.165) is 5.57 Å². The second-order valence-corrected chi connectivity index (χ2v) is 13.0. The molecule has 0 bridgehead atoms. The Bertz CT molecular complexity index is 1730. The minimum Gasteiger partial charge on any atom is -0.493 e. The van der Waals surface area contributed by atoms with Crippen molar-refractivity contribution in [3.8, 4) is 11.5 Å². The molecule has 0 aliphatic carbocycles. The number of carboxylic acids is 1. The van der Waals surface area contributed by atoms with Crippen molar-refractivity contribution in [2.24, 2.45) is 5.92 Å². The van der Waals surface area contributed by atoms with Gasteiger partial charge in [-0.15, -0.1) is 0 Å². The lowest BCUT2D eigenvalue weighted by atomic mass is 10.0. The Labute approximate surface area is 319 Å². The lowest BCUT2D eigenvalue weighted by Crippen LogP contribution is -2.53. The first-order chi connectivity index (χ1) is 26.2. The molecule has 2 unspecified atom stereocenters. The van der Waals surface area contributed by atoms with Crippen LogP contribution in [0.25, 0.3) is 0 Å². The van der Waals surface area contributed by atoms with Crippen LogP contribution in [0, 0.1) is 5.92 Å². The second-order valence-electron chi connectivity index (χ2n) is 13.0. The Morgan fingerprint density at radius 1 is 0.964 bits per heavy atom. The van der Waals surface area contributed by atoms with E-state index in [0.29, 0.717) is 17.7 Å². The van der Waals surface area contributed by atoms with Gasteiger partial charge in [0.1, 0.15) is 25.3 Å². The average Bonchev–Trinajstić information content (AvgIpc) is 3.54. The molecule has 0 saturated carbocycles. The predicted molar refractivity (Wildman–Crippen MR) is 201 cm³/mol. The molecule has 5 amide bonds. The summed E-state index contributed by atoms with van der Waals surface area (Å²) >= 11 is 0. The van der Waals surface area contributed by atoms with Crippen LogP contribution in [0.4, 0.5) is 21.0 Å². The number of nitrogens with zero attached hydrogens (tertiary/aromatic N) is 1. The highest BCUT2D eigenvalue weighted by Crippen LogP contribution is 2.36. The number of carboxylic acid groups (broad SMARTS) is 1. The number of aliphatic hydroxyl groups is 1. The van der Waals surface area contributed by atoms with Crippen LogP contribution in [-0.4, -0.2) is 103 Å². The fraction of sp³-hybridized carbons (Fsp3) is 0.421. The van der Waals surface area contributed by atoms with Gasteiger partial charge in [0.05, 0.1) is 37.6 Å². The van der Waals surface area contributed by atoms with E-state index in [1.807, 2.05) is 0 Å². The number of anilines is 2. The van der Waals surface area contributed by atoms with Crippen molar-refractivity contribution in [3.05, 3.63) is 72.3 Å². The summed E-state index contributed by atoms with van der Waals surface area (Å²) < 4.78 is 21.5. The molecular weight excluding hydrogens is 718 g/mol. The van der Waals surface area contributed by atoms with Crippen molar-refractivity contribution < 1.29 is 57.9 Å². The molecule has 2 aromatic rings. The van der Waals surface area contributed by atoms with Gasteiger partial charge in [-0.25, -0.2) is 9.59 Å². The minimum atomic E-state index is -0.988. The van der Waals surface area contributed by atoms with E-state index in [2.05, 4.69) is 34.4 Å². The van der Waals surface area contributed by atoms with Crippen LogP contribution in [0.3, 0.4) is 0 Å². The maximum atomic E-state index is 13.7. The van der Waals surface area contributed by atoms with Gasteiger partial charge in [0.15, 0.2) is 11.5 Å². The Morgan fingerprint density at radius 2 is 1.67 bits per heavy atom. The van der Waals surface area contributed by atoms with Gasteiger partial charge in [-0.3, -0.25) is 24.5 Å². The first-order valence-electron chi connectivity index (χ1n) is 17.5. The zero-order valence-electron chi connectivity index (χ0n) is 31.3. The third-order valence-corrected chi connectivity index (χ3v) is 8.29. The standard InChI is InChI=1S/C38H49N5O12/c1-7-14-54-38(51)42-33(22(2)3)35(48)39-24(5)34(47)40-26-12-10-25(11-13-26)21-55-37(50)41-29-18-31(53-15-8-9-32(45)46)30(52-6)17-28(29)36(49)43-19-23(4)16-27(43)20-44/h7,10-13,17-18,22,24,27,33,44H,1,4,8-9,14-16,19-21H2,2-3,5-6H3,(H,39,48)(H,40,47)(H,41,50)(H,42,51)(H,45,46)/t24?,27-,33?/m0/s1. The number of nitrogens with one attached hydrogen (secondary N) is 4. The van der Waals surface area contributed by atoms with Gasteiger partial charge in [-0.2, -0.15) is 0 Å². The number of likely N-dealkylation sites (tertiary alicyclic amines) is 1. The first kappa shape index (κ1) is 43.3. The number of aliphatic hydroxyl groups excluding tert-OH is 1. The molecule has 1 fully saturated rings. The van der Waals surface area contributed by atoms with Crippen LogP contribution < -0.4 is 30.7 Å². The zero-order chi connectivity index (χ0) is 40.7. The number of alkyl carbamates (subject to hydrolysis) is 1. The van der Waals surface area contributed by atoms with Gasteiger partial charge < -0.3 is 50.0 Å². The van der Waals surface area contributed by atoms with E-state index < -0.39 is 54.0 Å². The molecule has 1 aliphatic rings. The van der Waals surface area contributed by atoms with Gasteiger partial charge in [-0.1, -0.05) is 50.8 Å². The van der Waals surface area contributed by atoms with Crippen LogP contribution in [0.1, 0.15) is 56.0 Å². The molecule has 3 rings (SSSR count). The molecular formula is C38H49N5O12. The molecule has 1 heterocycles. The summed E-state index contributed by atoms with van der Waals surface area (Å²) in [5, 5.41) is 29.2. The predicted octanol–water partition coefficient (Wildman–Crippen LogP) is 3.83. The van der Waals surface area contributed by atoms with E-state index in [9.17, 15) is 33.9 Å². The summed E-state index contributed by atoms with van der Waals surface area (Å²) in [5.41, 5.74) is 1.77. The van der Waals surface area contributed by atoms with Gasteiger partial charge in [0.2, 0.25) is 11.8 Å². The van der Waals surface area contributed by atoms with Crippen LogP contribution >= 0.6 is 0 Å².